The molecule has 1 aromatic heterocycles. The zero-order valence-electron chi connectivity index (χ0n) is 12.3. The molecule has 0 fully saturated rings. The van der Waals surface area contributed by atoms with Crippen LogP contribution in [-0.4, -0.2) is 35.5 Å². The molecule has 0 aromatic carbocycles. The van der Waals surface area contributed by atoms with Gasteiger partial charge in [0.15, 0.2) is 0 Å². The van der Waals surface area contributed by atoms with Gasteiger partial charge in [-0.25, -0.2) is 4.79 Å². The van der Waals surface area contributed by atoms with E-state index >= 15 is 0 Å². The van der Waals surface area contributed by atoms with Crippen molar-refractivity contribution in [3.8, 4) is 0 Å². The Kier molecular flexibility index (Phi) is 6.36. The molecule has 1 aromatic rings. The van der Waals surface area contributed by atoms with E-state index in [9.17, 15) is 14.4 Å². The first-order chi connectivity index (χ1) is 9.79. The summed E-state index contributed by atoms with van der Waals surface area (Å²) >= 11 is 1.34. The van der Waals surface area contributed by atoms with Crippen LogP contribution < -0.4 is 10.6 Å². The zero-order chi connectivity index (χ0) is 16.0. The van der Waals surface area contributed by atoms with Gasteiger partial charge in [0.25, 0.3) is 5.91 Å². The van der Waals surface area contributed by atoms with Crippen LogP contribution in [0.4, 0.5) is 0 Å². The van der Waals surface area contributed by atoms with Gasteiger partial charge in [0.1, 0.15) is 6.04 Å². The molecule has 116 valence electrons. The number of carboxylic acid groups (broad SMARTS) is 1. The lowest BCUT2D eigenvalue weighted by atomic mass is 10.0. The smallest absolute Gasteiger partial charge is 0.326 e. The Morgan fingerprint density at radius 1 is 1.29 bits per heavy atom. The zero-order valence-corrected chi connectivity index (χ0v) is 13.1. The van der Waals surface area contributed by atoms with E-state index in [0.717, 1.165) is 4.88 Å². The SMILES string of the molecule is Cc1ccc(C(=O)NCC(=O)N[C@@H](CC(C)C)C(=O)O)s1. The number of hydrogen-bond acceptors (Lipinski definition) is 4. The molecule has 7 heteroatoms. The third-order valence-electron chi connectivity index (χ3n) is 2.71. The van der Waals surface area contributed by atoms with Crippen molar-refractivity contribution in [3.63, 3.8) is 0 Å². The number of aliphatic carboxylic acids is 1. The van der Waals surface area contributed by atoms with Gasteiger partial charge in [-0.05, 0) is 31.4 Å². The first kappa shape index (κ1) is 17.2. The first-order valence-corrected chi connectivity index (χ1v) is 7.48. The molecular formula is C14H20N2O4S. The molecule has 0 bridgehead atoms. The molecule has 0 radical (unpaired) electrons. The normalized spacial score (nSPS) is 12.0. The molecule has 2 amide bonds. The number of thiophene rings is 1. The van der Waals surface area contributed by atoms with Crippen molar-refractivity contribution < 1.29 is 19.5 Å². The minimum Gasteiger partial charge on any atom is -0.480 e. The number of hydrogen-bond donors (Lipinski definition) is 3. The van der Waals surface area contributed by atoms with Crippen molar-refractivity contribution in [2.45, 2.75) is 33.2 Å². The lowest BCUT2D eigenvalue weighted by Crippen LogP contribution is -2.46. The monoisotopic (exact) mass is 312 g/mol. The van der Waals surface area contributed by atoms with Crippen LogP contribution >= 0.6 is 11.3 Å². The van der Waals surface area contributed by atoms with Crippen molar-refractivity contribution >= 4 is 29.1 Å². The topological polar surface area (TPSA) is 95.5 Å². The summed E-state index contributed by atoms with van der Waals surface area (Å²) in [5, 5.41) is 13.9. The Bertz CT molecular complexity index is 525. The summed E-state index contributed by atoms with van der Waals surface area (Å²) in [7, 11) is 0. The third-order valence-corrected chi connectivity index (χ3v) is 3.71. The fourth-order valence-electron chi connectivity index (χ4n) is 1.74. The largest absolute Gasteiger partial charge is 0.480 e. The van der Waals surface area contributed by atoms with Crippen LogP contribution in [0, 0.1) is 12.8 Å². The lowest BCUT2D eigenvalue weighted by Gasteiger charge is -2.16. The maximum Gasteiger partial charge on any atom is 0.326 e. The van der Waals surface area contributed by atoms with Crippen LogP contribution in [0.25, 0.3) is 0 Å². The Labute approximate surface area is 127 Å². The number of nitrogens with one attached hydrogen (secondary N) is 2. The Morgan fingerprint density at radius 3 is 2.43 bits per heavy atom. The molecule has 0 aliphatic carbocycles. The first-order valence-electron chi connectivity index (χ1n) is 6.66. The van der Waals surface area contributed by atoms with Crippen LogP contribution in [0.15, 0.2) is 12.1 Å². The van der Waals surface area contributed by atoms with E-state index in [1.807, 2.05) is 26.8 Å². The summed E-state index contributed by atoms with van der Waals surface area (Å²) in [5.74, 6) is -1.77. The van der Waals surface area contributed by atoms with E-state index in [4.69, 9.17) is 5.11 Å². The van der Waals surface area contributed by atoms with Gasteiger partial charge in [-0.1, -0.05) is 13.8 Å². The van der Waals surface area contributed by atoms with E-state index in [1.165, 1.54) is 11.3 Å². The maximum atomic E-state index is 11.8. The quantitative estimate of drug-likeness (QED) is 0.709. The standard InChI is InChI=1S/C14H20N2O4S/c1-8(2)6-10(14(19)20)16-12(17)7-15-13(18)11-5-4-9(3)21-11/h4-5,8,10H,6-7H2,1-3H3,(H,15,18)(H,16,17)(H,19,20)/t10-/m0/s1. The number of rotatable bonds is 7. The fraction of sp³-hybridized carbons (Fsp3) is 0.500. The van der Waals surface area contributed by atoms with Gasteiger partial charge < -0.3 is 15.7 Å². The highest BCUT2D eigenvalue weighted by molar-refractivity contribution is 7.13. The molecule has 0 aliphatic heterocycles. The lowest BCUT2D eigenvalue weighted by molar-refractivity contribution is -0.142. The molecule has 1 heterocycles. The second-order valence-electron chi connectivity index (χ2n) is 5.18. The summed E-state index contributed by atoms with van der Waals surface area (Å²) < 4.78 is 0. The fourth-order valence-corrected chi connectivity index (χ4v) is 2.53. The summed E-state index contributed by atoms with van der Waals surface area (Å²) in [5.41, 5.74) is 0. The molecule has 3 N–H and O–H groups in total. The van der Waals surface area contributed by atoms with Gasteiger partial charge in [-0.2, -0.15) is 0 Å². The van der Waals surface area contributed by atoms with Gasteiger partial charge >= 0.3 is 5.97 Å². The Morgan fingerprint density at radius 2 is 1.95 bits per heavy atom. The van der Waals surface area contributed by atoms with Crippen molar-refractivity contribution in [2.75, 3.05) is 6.54 Å². The molecule has 21 heavy (non-hydrogen) atoms. The number of carbonyl (C=O) groups is 3. The average Bonchev–Trinajstić information content (AvgIpc) is 2.81. The number of amides is 2. The minimum atomic E-state index is -1.07. The second-order valence-corrected chi connectivity index (χ2v) is 6.47. The molecule has 0 saturated heterocycles. The summed E-state index contributed by atoms with van der Waals surface area (Å²) in [6, 6.07) is 2.58. The van der Waals surface area contributed by atoms with Crippen molar-refractivity contribution in [1.82, 2.24) is 10.6 Å². The van der Waals surface area contributed by atoms with E-state index < -0.39 is 17.9 Å². The summed E-state index contributed by atoms with van der Waals surface area (Å²) in [4.78, 5) is 36.0. The molecular weight excluding hydrogens is 292 g/mol. The van der Waals surface area contributed by atoms with Crippen molar-refractivity contribution in [2.24, 2.45) is 5.92 Å². The molecule has 1 rings (SSSR count). The van der Waals surface area contributed by atoms with E-state index in [0.29, 0.717) is 11.3 Å². The molecule has 1 atom stereocenters. The summed E-state index contributed by atoms with van der Waals surface area (Å²) in [6.07, 6.45) is 0.346. The molecule has 0 saturated carbocycles. The van der Waals surface area contributed by atoms with Gasteiger partial charge in [0.05, 0.1) is 11.4 Å². The molecule has 0 aliphatic rings. The van der Waals surface area contributed by atoms with Crippen LogP contribution in [0.5, 0.6) is 0 Å². The van der Waals surface area contributed by atoms with Gasteiger partial charge in [0.2, 0.25) is 5.91 Å². The number of carbonyl (C=O) groups excluding carboxylic acids is 2. The van der Waals surface area contributed by atoms with Gasteiger partial charge in [-0.3, -0.25) is 9.59 Å². The van der Waals surface area contributed by atoms with Crippen LogP contribution in [0.1, 0.15) is 34.8 Å². The van der Waals surface area contributed by atoms with E-state index in [1.54, 1.807) is 6.07 Å². The highest BCUT2D eigenvalue weighted by atomic mass is 32.1. The average molecular weight is 312 g/mol. The van der Waals surface area contributed by atoms with E-state index in [2.05, 4.69) is 10.6 Å². The molecule has 0 unspecified atom stereocenters. The molecule has 6 nitrogen and oxygen atoms in total. The highest BCUT2D eigenvalue weighted by Gasteiger charge is 2.21. The molecule has 0 spiro atoms. The third kappa shape index (κ3) is 5.95. The number of aryl methyl sites for hydroxylation is 1. The number of carboxylic acids is 1. The maximum absolute atomic E-state index is 11.8. The van der Waals surface area contributed by atoms with Crippen molar-refractivity contribution in [1.29, 1.82) is 0 Å². The van der Waals surface area contributed by atoms with Crippen LogP contribution in [0.3, 0.4) is 0 Å². The summed E-state index contributed by atoms with van der Waals surface area (Å²) in [6.45, 7) is 5.40. The van der Waals surface area contributed by atoms with Crippen molar-refractivity contribution in [3.05, 3.63) is 21.9 Å². The highest BCUT2D eigenvalue weighted by Crippen LogP contribution is 2.14. The second kappa shape index (κ2) is 7.78. The predicted octanol–water partition coefficient (Wildman–Crippen LogP) is 1.40. The Hall–Kier alpha value is -1.89. The van der Waals surface area contributed by atoms with Gasteiger partial charge in [-0.15, -0.1) is 11.3 Å². The Balaban J connectivity index is 2.45. The van der Waals surface area contributed by atoms with Crippen LogP contribution in [0.2, 0.25) is 0 Å². The van der Waals surface area contributed by atoms with Crippen LogP contribution in [-0.2, 0) is 9.59 Å². The van der Waals surface area contributed by atoms with Gasteiger partial charge in [0, 0.05) is 4.88 Å². The predicted molar refractivity (Wildman–Crippen MR) is 80.4 cm³/mol. The minimum absolute atomic E-state index is 0.148. The van der Waals surface area contributed by atoms with E-state index in [-0.39, 0.29) is 18.4 Å².